The van der Waals surface area contributed by atoms with Gasteiger partial charge in [-0.25, -0.2) is 9.38 Å². The van der Waals surface area contributed by atoms with Crippen LogP contribution in [-0.2, 0) is 4.79 Å². The highest BCUT2D eigenvalue weighted by Crippen LogP contribution is 2.36. The van der Waals surface area contributed by atoms with Crippen molar-refractivity contribution in [2.75, 3.05) is 4.90 Å². The SMILES string of the molecule is O=C1NC(c2ccc(F)cc2)N=C2C1SC(=S)N2c1ccccc1. The zero-order valence-electron chi connectivity index (χ0n) is 12.3. The van der Waals surface area contributed by atoms with Crippen LogP contribution in [0, 0.1) is 5.82 Å². The number of amides is 1. The van der Waals surface area contributed by atoms with Crippen LogP contribution in [0.4, 0.5) is 10.1 Å². The van der Waals surface area contributed by atoms with E-state index in [1.54, 1.807) is 12.1 Å². The third kappa shape index (κ3) is 2.59. The van der Waals surface area contributed by atoms with Gasteiger partial charge in [-0.3, -0.25) is 9.69 Å². The summed E-state index contributed by atoms with van der Waals surface area (Å²) < 4.78 is 13.7. The average Bonchev–Trinajstić information content (AvgIpc) is 2.93. The lowest BCUT2D eigenvalue weighted by Gasteiger charge is -2.27. The lowest BCUT2D eigenvalue weighted by atomic mass is 10.1. The lowest BCUT2D eigenvalue weighted by molar-refractivity contribution is -0.120. The first-order valence-corrected chi connectivity index (χ1v) is 8.61. The van der Waals surface area contributed by atoms with Gasteiger partial charge in [0.1, 0.15) is 27.4 Å². The number of amidine groups is 1. The zero-order chi connectivity index (χ0) is 16.7. The van der Waals surface area contributed by atoms with Gasteiger partial charge in [-0.15, -0.1) is 0 Å². The monoisotopic (exact) mass is 357 g/mol. The first-order chi connectivity index (χ1) is 11.6. The van der Waals surface area contributed by atoms with Crippen molar-refractivity contribution in [2.45, 2.75) is 11.4 Å². The molecule has 1 N–H and O–H groups in total. The van der Waals surface area contributed by atoms with E-state index in [1.807, 2.05) is 35.2 Å². The van der Waals surface area contributed by atoms with Crippen LogP contribution in [0.2, 0.25) is 0 Å². The van der Waals surface area contributed by atoms with E-state index in [1.165, 1.54) is 23.9 Å². The van der Waals surface area contributed by atoms with Crippen LogP contribution < -0.4 is 10.2 Å². The topological polar surface area (TPSA) is 44.7 Å². The second kappa shape index (κ2) is 5.99. The number of hydrogen-bond donors (Lipinski definition) is 1. The molecular weight excluding hydrogens is 345 g/mol. The third-order valence-corrected chi connectivity index (χ3v) is 5.36. The summed E-state index contributed by atoms with van der Waals surface area (Å²) in [7, 11) is 0. The maximum Gasteiger partial charge on any atom is 0.243 e. The number of nitrogens with one attached hydrogen (secondary N) is 1. The van der Waals surface area contributed by atoms with Crippen molar-refractivity contribution in [2.24, 2.45) is 4.99 Å². The number of para-hydroxylation sites is 1. The van der Waals surface area contributed by atoms with Crippen molar-refractivity contribution in [1.82, 2.24) is 5.32 Å². The number of carbonyl (C=O) groups is 1. The maximum absolute atomic E-state index is 13.1. The minimum atomic E-state index is -0.544. The van der Waals surface area contributed by atoms with Gasteiger partial charge in [0.25, 0.3) is 0 Å². The zero-order valence-corrected chi connectivity index (χ0v) is 14.0. The van der Waals surface area contributed by atoms with Gasteiger partial charge in [0.05, 0.1) is 0 Å². The normalized spacial score (nSPS) is 22.9. The average molecular weight is 357 g/mol. The van der Waals surface area contributed by atoms with Crippen molar-refractivity contribution in [3.8, 4) is 0 Å². The second-order valence-electron chi connectivity index (χ2n) is 5.38. The molecule has 0 radical (unpaired) electrons. The van der Waals surface area contributed by atoms with Crippen molar-refractivity contribution in [1.29, 1.82) is 0 Å². The fourth-order valence-corrected chi connectivity index (χ4v) is 4.15. The Hall–Kier alpha value is -2.25. The number of anilines is 1. The predicted molar refractivity (Wildman–Crippen MR) is 97.6 cm³/mol. The molecule has 0 spiro atoms. The summed E-state index contributed by atoms with van der Waals surface area (Å²) in [4.78, 5) is 19.0. The molecule has 4 nitrogen and oxygen atoms in total. The highest BCUT2D eigenvalue weighted by atomic mass is 32.2. The minimum Gasteiger partial charge on any atom is -0.329 e. The second-order valence-corrected chi connectivity index (χ2v) is 7.12. The summed E-state index contributed by atoms with van der Waals surface area (Å²) in [5.41, 5.74) is 1.61. The number of hydrogen-bond acceptors (Lipinski definition) is 4. The number of nitrogens with zero attached hydrogens (tertiary/aromatic N) is 2. The van der Waals surface area contributed by atoms with Crippen molar-refractivity contribution in [3.63, 3.8) is 0 Å². The van der Waals surface area contributed by atoms with Crippen molar-refractivity contribution < 1.29 is 9.18 Å². The molecule has 2 atom stereocenters. The molecule has 0 aliphatic carbocycles. The summed E-state index contributed by atoms with van der Waals surface area (Å²) >= 11 is 6.76. The molecule has 1 fully saturated rings. The standard InChI is InChI=1S/C17H12FN3OS2/c18-11-8-6-10(7-9-11)14-19-15-13(16(22)20-14)24-17(23)21(15)12-4-2-1-3-5-12/h1-9,13-14H,(H,20,22). The quantitative estimate of drug-likeness (QED) is 0.838. The van der Waals surface area contributed by atoms with Crippen molar-refractivity contribution in [3.05, 3.63) is 66.0 Å². The molecule has 1 amide bonds. The molecule has 2 heterocycles. The summed E-state index contributed by atoms with van der Waals surface area (Å²) in [5.74, 6) is 0.157. The van der Waals surface area contributed by atoms with E-state index in [0.717, 1.165) is 11.3 Å². The molecule has 1 saturated heterocycles. The summed E-state index contributed by atoms with van der Waals surface area (Å²) in [6.07, 6.45) is -0.544. The summed E-state index contributed by atoms with van der Waals surface area (Å²) in [6.45, 7) is 0. The molecule has 120 valence electrons. The molecule has 24 heavy (non-hydrogen) atoms. The van der Waals surface area contributed by atoms with Crippen LogP contribution in [0.1, 0.15) is 11.7 Å². The van der Waals surface area contributed by atoms with E-state index in [-0.39, 0.29) is 11.7 Å². The van der Waals surface area contributed by atoms with Gasteiger partial charge < -0.3 is 5.32 Å². The highest BCUT2D eigenvalue weighted by Gasteiger charge is 2.44. The van der Waals surface area contributed by atoms with Crippen LogP contribution in [0.15, 0.2) is 59.6 Å². The number of benzene rings is 2. The lowest BCUT2D eigenvalue weighted by Crippen LogP contribution is -2.46. The summed E-state index contributed by atoms with van der Waals surface area (Å²) in [5, 5.41) is 2.41. The number of thiocarbonyl (C=S) groups is 1. The van der Waals surface area contributed by atoms with E-state index < -0.39 is 11.4 Å². The first kappa shape index (κ1) is 15.3. The molecule has 0 bridgehead atoms. The number of fused-ring (bicyclic) bond motifs is 1. The van der Waals surface area contributed by atoms with Crippen molar-refractivity contribution >= 4 is 45.7 Å². The number of thioether (sulfide) groups is 1. The number of carbonyl (C=O) groups excluding carboxylic acids is 1. The van der Waals surface area contributed by atoms with E-state index in [0.29, 0.717) is 10.2 Å². The smallest absolute Gasteiger partial charge is 0.243 e. The van der Waals surface area contributed by atoms with Gasteiger partial charge in [-0.2, -0.15) is 0 Å². The van der Waals surface area contributed by atoms with Crippen LogP contribution in [-0.4, -0.2) is 21.3 Å². The molecule has 2 aromatic carbocycles. The fourth-order valence-electron chi connectivity index (χ4n) is 2.71. The summed E-state index contributed by atoms with van der Waals surface area (Å²) in [6, 6.07) is 15.6. The molecule has 2 unspecified atom stereocenters. The van der Waals surface area contributed by atoms with Gasteiger partial charge in [0.2, 0.25) is 5.91 Å². The van der Waals surface area contributed by atoms with Gasteiger partial charge in [0, 0.05) is 5.69 Å². The predicted octanol–water partition coefficient (Wildman–Crippen LogP) is 3.26. The number of halogens is 1. The van der Waals surface area contributed by atoms with E-state index >= 15 is 0 Å². The Morgan fingerprint density at radius 3 is 2.54 bits per heavy atom. The third-order valence-electron chi connectivity index (χ3n) is 3.84. The molecule has 2 aliphatic rings. The Kier molecular flexibility index (Phi) is 3.82. The van der Waals surface area contributed by atoms with Crippen LogP contribution >= 0.6 is 24.0 Å². The Morgan fingerprint density at radius 1 is 1.12 bits per heavy atom. The van der Waals surface area contributed by atoms with Gasteiger partial charge >= 0.3 is 0 Å². The molecule has 2 aromatic rings. The molecule has 4 rings (SSSR count). The molecule has 2 aliphatic heterocycles. The minimum absolute atomic E-state index is 0.139. The Bertz CT molecular complexity index is 839. The van der Waals surface area contributed by atoms with E-state index in [2.05, 4.69) is 10.3 Å². The maximum atomic E-state index is 13.1. The fraction of sp³-hybridized carbons (Fsp3) is 0.118. The molecule has 7 heteroatoms. The van der Waals surface area contributed by atoms with E-state index in [9.17, 15) is 9.18 Å². The largest absolute Gasteiger partial charge is 0.329 e. The van der Waals surface area contributed by atoms with Crippen LogP contribution in [0.5, 0.6) is 0 Å². The molecule has 0 saturated carbocycles. The van der Waals surface area contributed by atoms with Gasteiger partial charge in [0.15, 0.2) is 0 Å². The highest BCUT2D eigenvalue weighted by molar-refractivity contribution is 8.25. The van der Waals surface area contributed by atoms with Crippen LogP contribution in [0.3, 0.4) is 0 Å². The Morgan fingerprint density at radius 2 is 1.83 bits per heavy atom. The number of aliphatic imine (C=N–C) groups is 1. The Balaban J connectivity index is 1.76. The first-order valence-electron chi connectivity index (χ1n) is 7.33. The van der Waals surface area contributed by atoms with Gasteiger partial charge in [-0.1, -0.05) is 54.3 Å². The molecular formula is C17H12FN3OS2. The van der Waals surface area contributed by atoms with E-state index in [4.69, 9.17) is 12.2 Å². The Labute approximate surface area is 147 Å². The van der Waals surface area contributed by atoms with Crippen LogP contribution in [0.25, 0.3) is 0 Å². The number of rotatable bonds is 2. The van der Waals surface area contributed by atoms with Gasteiger partial charge in [-0.05, 0) is 29.8 Å². The molecule has 0 aromatic heterocycles.